The second-order valence-electron chi connectivity index (χ2n) is 2.73. The minimum Gasteiger partial charge on any atom is -0.480 e. The van der Waals surface area contributed by atoms with E-state index >= 15 is 0 Å². The molecule has 76 valence electrons. The topological polar surface area (TPSA) is 76.2 Å². The molecule has 14 heavy (non-hydrogen) atoms. The molecule has 0 aromatic carbocycles. The van der Waals surface area contributed by atoms with Gasteiger partial charge in [-0.05, 0) is 6.07 Å². The third-order valence-electron chi connectivity index (χ3n) is 1.61. The fourth-order valence-electron chi connectivity index (χ4n) is 0.889. The number of aromatic nitrogens is 1. The van der Waals surface area contributed by atoms with Crippen LogP contribution in [0.15, 0.2) is 12.3 Å². The summed E-state index contributed by atoms with van der Waals surface area (Å²) in [5.41, 5.74) is 5.76. The first-order chi connectivity index (χ1) is 6.50. The summed E-state index contributed by atoms with van der Waals surface area (Å²) in [4.78, 5) is 14.4. The van der Waals surface area contributed by atoms with E-state index in [0.29, 0.717) is 15.7 Å². The van der Waals surface area contributed by atoms with Gasteiger partial charge in [0.25, 0.3) is 0 Å². The highest BCUT2D eigenvalue weighted by atomic mass is 35.5. The van der Waals surface area contributed by atoms with Crippen LogP contribution in [-0.2, 0) is 11.2 Å². The Kier molecular flexibility index (Phi) is 3.69. The Morgan fingerprint density at radius 1 is 1.64 bits per heavy atom. The summed E-state index contributed by atoms with van der Waals surface area (Å²) >= 11 is 11.4. The van der Waals surface area contributed by atoms with Crippen LogP contribution in [0.4, 0.5) is 0 Å². The first-order valence-electron chi connectivity index (χ1n) is 3.79. The number of halogens is 2. The first kappa shape index (κ1) is 11.2. The second-order valence-corrected chi connectivity index (χ2v) is 3.57. The molecule has 1 heterocycles. The molecule has 0 spiro atoms. The lowest BCUT2D eigenvalue weighted by atomic mass is 10.1. The number of nitrogens with two attached hydrogens (primary N) is 1. The fourth-order valence-corrected chi connectivity index (χ4v) is 1.35. The summed E-state index contributed by atoms with van der Waals surface area (Å²) in [6.07, 6.45) is 1.49. The number of hydrogen-bond acceptors (Lipinski definition) is 3. The van der Waals surface area contributed by atoms with Gasteiger partial charge in [0.2, 0.25) is 0 Å². The van der Waals surface area contributed by atoms with E-state index in [2.05, 4.69) is 4.98 Å². The van der Waals surface area contributed by atoms with E-state index in [1.54, 1.807) is 0 Å². The molecule has 4 nitrogen and oxygen atoms in total. The molecule has 0 aliphatic carbocycles. The van der Waals surface area contributed by atoms with Crippen molar-refractivity contribution in [2.24, 2.45) is 5.73 Å². The predicted octanol–water partition coefficient (Wildman–Crippen LogP) is 1.34. The molecule has 1 rings (SSSR count). The van der Waals surface area contributed by atoms with Crippen molar-refractivity contribution in [2.45, 2.75) is 12.5 Å². The van der Waals surface area contributed by atoms with E-state index < -0.39 is 12.0 Å². The zero-order chi connectivity index (χ0) is 10.7. The molecule has 0 saturated heterocycles. The number of carboxylic acids is 1. The largest absolute Gasteiger partial charge is 0.480 e. The van der Waals surface area contributed by atoms with Crippen molar-refractivity contribution in [1.29, 1.82) is 0 Å². The minimum atomic E-state index is -1.09. The highest BCUT2D eigenvalue weighted by Crippen LogP contribution is 2.19. The molecular formula is C8H8Cl2N2O2. The van der Waals surface area contributed by atoms with Crippen molar-refractivity contribution in [3.63, 3.8) is 0 Å². The average Bonchev–Trinajstić information content (AvgIpc) is 2.09. The van der Waals surface area contributed by atoms with Crippen LogP contribution >= 0.6 is 23.2 Å². The van der Waals surface area contributed by atoms with Crippen molar-refractivity contribution >= 4 is 29.2 Å². The Morgan fingerprint density at radius 2 is 2.29 bits per heavy atom. The molecule has 0 saturated carbocycles. The summed E-state index contributed by atoms with van der Waals surface area (Å²) in [5, 5.41) is 9.30. The lowest BCUT2D eigenvalue weighted by Crippen LogP contribution is -2.32. The first-order valence-corrected chi connectivity index (χ1v) is 4.54. The van der Waals surface area contributed by atoms with E-state index in [9.17, 15) is 4.79 Å². The monoisotopic (exact) mass is 234 g/mol. The third-order valence-corrected chi connectivity index (χ3v) is 2.15. The van der Waals surface area contributed by atoms with Gasteiger partial charge in [-0.3, -0.25) is 9.78 Å². The van der Waals surface area contributed by atoms with Crippen molar-refractivity contribution < 1.29 is 9.90 Å². The highest BCUT2D eigenvalue weighted by molar-refractivity contribution is 6.34. The Balaban J connectivity index is 2.82. The van der Waals surface area contributed by atoms with Gasteiger partial charge < -0.3 is 10.8 Å². The predicted molar refractivity (Wildman–Crippen MR) is 53.6 cm³/mol. The molecule has 0 radical (unpaired) electrons. The van der Waals surface area contributed by atoms with Crippen molar-refractivity contribution in [3.8, 4) is 0 Å². The molecule has 0 aliphatic rings. The molecule has 6 heteroatoms. The molecule has 0 unspecified atom stereocenters. The Morgan fingerprint density at radius 3 is 2.79 bits per heavy atom. The van der Waals surface area contributed by atoms with Crippen LogP contribution in [0.5, 0.6) is 0 Å². The summed E-state index contributed by atoms with van der Waals surface area (Å²) in [6, 6.07) is 0.501. The molecule has 3 N–H and O–H groups in total. The molecule has 1 atom stereocenters. The molecular weight excluding hydrogens is 227 g/mol. The summed E-state index contributed by atoms with van der Waals surface area (Å²) in [5.74, 6) is -1.09. The van der Waals surface area contributed by atoms with Crippen LogP contribution in [-0.4, -0.2) is 22.1 Å². The Hall–Kier alpha value is -0.840. The number of hydrogen-bond donors (Lipinski definition) is 2. The SMILES string of the molecule is N[C@@H](Cc1ncc(Cl)cc1Cl)C(=O)O. The van der Waals surface area contributed by atoms with Crippen molar-refractivity contribution in [2.75, 3.05) is 0 Å². The standard InChI is InChI=1S/C8H8Cl2N2O2/c9-4-1-5(10)7(12-3-4)2-6(11)8(13)14/h1,3,6H,2,11H2,(H,13,14)/t6-/m0/s1. The quantitative estimate of drug-likeness (QED) is 0.828. The summed E-state index contributed by atoms with van der Waals surface area (Å²) in [7, 11) is 0. The molecule has 0 bridgehead atoms. The number of rotatable bonds is 3. The van der Waals surface area contributed by atoms with Gasteiger partial charge in [-0.25, -0.2) is 0 Å². The lowest BCUT2D eigenvalue weighted by Gasteiger charge is -2.06. The number of carbonyl (C=O) groups is 1. The molecule has 1 aromatic rings. The smallest absolute Gasteiger partial charge is 0.320 e. The Labute approximate surface area is 90.6 Å². The number of nitrogens with zero attached hydrogens (tertiary/aromatic N) is 1. The zero-order valence-electron chi connectivity index (χ0n) is 7.08. The van der Waals surface area contributed by atoms with Gasteiger partial charge in [0, 0.05) is 12.6 Å². The molecule has 0 aliphatic heterocycles. The maximum absolute atomic E-state index is 10.5. The normalized spacial score (nSPS) is 12.5. The van der Waals surface area contributed by atoms with E-state index in [4.69, 9.17) is 34.0 Å². The second kappa shape index (κ2) is 4.59. The van der Waals surface area contributed by atoms with Crippen LogP contribution in [0.1, 0.15) is 5.69 Å². The van der Waals surface area contributed by atoms with Crippen LogP contribution in [0, 0.1) is 0 Å². The number of pyridine rings is 1. The van der Waals surface area contributed by atoms with Gasteiger partial charge >= 0.3 is 5.97 Å². The van der Waals surface area contributed by atoms with Crippen LogP contribution in [0.2, 0.25) is 10.0 Å². The molecule has 0 amide bonds. The average molecular weight is 235 g/mol. The van der Waals surface area contributed by atoms with Gasteiger partial charge in [-0.1, -0.05) is 23.2 Å². The third kappa shape index (κ3) is 2.83. The van der Waals surface area contributed by atoms with Gasteiger partial charge in [0.15, 0.2) is 0 Å². The zero-order valence-corrected chi connectivity index (χ0v) is 8.59. The molecule has 1 aromatic heterocycles. The van der Waals surface area contributed by atoms with E-state index in [1.165, 1.54) is 12.3 Å². The van der Waals surface area contributed by atoms with E-state index in [1.807, 2.05) is 0 Å². The van der Waals surface area contributed by atoms with Crippen LogP contribution in [0.25, 0.3) is 0 Å². The van der Waals surface area contributed by atoms with Crippen LogP contribution < -0.4 is 5.73 Å². The van der Waals surface area contributed by atoms with Gasteiger partial charge in [0.1, 0.15) is 6.04 Å². The van der Waals surface area contributed by atoms with Crippen LogP contribution in [0.3, 0.4) is 0 Å². The summed E-state index contributed by atoms with van der Waals surface area (Å²) in [6.45, 7) is 0. The maximum atomic E-state index is 10.5. The molecule has 0 fully saturated rings. The highest BCUT2D eigenvalue weighted by Gasteiger charge is 2.15. The van der Waals surface area contributed by atoms with Gasteiger partial charge in [-0.15, -0.1) is 0 Å². The maximum Gasteiger partial charge on any atom is 0.320 e. The van der Waals surface area contributed by atoms with Crippen molar-refractivity contribution in [1.82, 2.24) is 4.98 Å². The van der Waals surface area contributed by atoms with Crippen molar-refractivity contribution in [3.05, 3.63) is 28.0 Å². The minimum absolute atomic E-state index is 0.0886. The van der Waals surface area contributed by atoms with Gasteiger partial charge in [-0.2, -0.15) is 0 Å². The number of aliphatic carboxylic acids is 1. The van der Waals surface area contributed by atoms with Gasteiger partial charge in [0.05, 0.1) is 15.7 Å². The fraction of sp³-hybridized carbons (Fsp3) is 0.250. The lowest BCUT2D eigenvalue weighted by molar-refractivity contribution is -0.138. The Bertz CT molecular complexity index is 357. The summed E-state index contributed by atoms with van der Waals surface area (Å²) < 4.78 is 0. The van der Waals surface area contributed by atoms with E-state index in [-0.39, 0.29) is 6.42 Å². The number of carboxylic acid groups (broad SMARTS) is 1. The van der Waals surface area contributed by atoms with E-state index in [0.717, 1.165) is 0 Å².